The summed E-state index contributed by atoms with van der Waals surface area (Å²) in [4.78, 5) is 16.0. The molecule has 0 saturated carbocycles. The van der Waals surface area contributed by atoms with Crippen molar-refractivity contribution in [1.29, 1.82) is 0 Å². The number of rotatable bonds is 3. The molecular formula is C15H16ClNO3. The third kappa shape index (κ3) is 2.70. The molecule has 0 amide bonds. The van der Waals surface area contributed by atoms with E-state index in [1.165, 1.54) is 7.11 Å². The molecular weight excluding hydrogens is 278 g/mol. The van der Waals surface area contributed by atoms with Crippen molar-refractivity contribution < 1.29 is 14.3 Å². The molecule has 1 atom stereocenters. The quantitative estimate of drug-likeness (QED) is 0.813. The second kappa shape index (κ2) is 5.67. The van der Waals surface area contributed by atoms with E-state index in [0.29, 0.717) is 16.2 Å². The van der Waals surface area contributed by atoms with Crippen LogP contribution in [0.15, 0.2) is 18.2 Å². The number of benzene rings is 1. The molecule has 5 heteroatoms. The maximum Gasteiger partial charge on any atom is 0.346 e. The van der Waals surface area contributed by atoms with E-state index in [1.54, 1.807) is 19.1 Å². The van der Waals surface area contributed by atoms with Crippen molar-refractivity contribution in [3.63, 3.8) is 0 Å². The molecule has 0 aliphatic heterocycles. The minimum atomic E-state index is -0.707. The highest BCUT2D eigenvalue weighted by molar-refractivity contribution is 6.36. The fourth-order valence-corrected chi connectivity index (χ4v) is 2.26. The van der Waals surface area contributed by atoms with Crippen LogP contribution in [0.2, 0.25) is 5.02 Å². The molecule has 1 unspecified atom stereocenters. The number of aryl methyl sites for hydroxylation is 2. The summed E-state index contributed by atoms with van der Waals surface area (Å²) in [6.07, 6.45) is -0.707. The van der Waals surface area contributed by atoms with Crippen molar-refractivity contribution in [2.24, 2.45) is 0 Å². The van der Waals surface area contributed by atoms with E-state index in [-0.39, 0.29) is 0 Å². The zero-order chi connectivity index (χ0) is 14.9. The summed E-state index contributed by atoms with van der Waals surface area (Å²) in [6.45, 7) is 5.46. The van der Waals surface area contributed by atoms with E-state index in [4.69, 9.17) is 16.3 Å². The van der Waals surface area contributed by atoms with Gasteiger partial charge in [0, 0.05) is 11.8 Å². The first kappa shape index (κ1) is 14.6. The molecule has 2 aromatic rings. The molecule has 4 nitrogen and oxygen atoms in total. The Hall–Kier alpha value is -1.81. The summed E-state index contributed by atoms with van der Waals surface area (Å²) in [5.41, 5.74) is 2.59. The number of hydrogen-bond donors (Lipinski definition) is 0. The van der Waals surface area contributed by atoms with Gasteiger partial charge in [-0.2, -0.15) is 0 Å². The number of hydrogen-bond acceptors (Lipinski definition) is 4. The van der Waals surface area contributed by atoms with Crippen LogP contribution < -0.4 is 4.74 Å². The van der Waals surface area contributed by atoms with Crippen LogP contribution in [0.25, 0.3) is 10.9 Å². The first-order chi connectivity index (χ1) is 9.43. The highest BCUT2D eigenvalue weighted by atomic mass is 35.5. The van der Waals surface area contributed by atoms with Crippen LogP contribution in [0.1, 0.15) is 18.2 Å². The first-order valence-electron chi connectivity index (χ1n) is 6.25. The van der Waals surface area contributed by atoms with Crippen molar-refractivity contribution in [2.45, 2.75) is 26.9 Å². The smallest absolute Gasteiger partial charge is 0.346 e. The third-order valence-electron chi connectivity index (χ3n) is 3.04. The molecule has 0 saturated heterocycles. The van der Waals surface area contributed by atoms with Gasteiger partial charge in [0.05, 0.1) is 23.0 Å². The Labute approximate surface area is 122 Å². The van der Waals surface area contributed by atoms with E-state index >= 15 is 0 Å². The number of ether oxygens (including phenoxy) is 2. The van der Waals surface area contributed by atoms with E-state index in [0.717, 1.165) is 16.8 Å². The third-order valence-corrected chi connectivity index (χ3v) is 3.36. The molecule has 1 aromatic heterocycles. The molecule has 1 aromatic carbocycles. The number of pyridine rings is 1. The van der Waals surface area contributed by atoms with E-state index in [2.05, 4.69) is 9.72 Å². The minimum absolute atomic E-state index is 0.434. The Balaban J connectivity index is 2.58. The standard InChI is InChI=1S/C15H16ClNO3/c1-8-5-6-11(16)13-12(7-9(2)17-14(8)13)20-10(3)15(18)19-4/h5-7,10H,1-4H3. The van der Waals surface area contributed by atoms with Gasteiger partial charge in [-0.3, -0.25) is 4.98 Å². The average Bonchev–Trinajstić information content (AvgIpc) is 2.41. The second-order valence-electron chi connectivity index (χ2n) is 4.63. The summed E-state index contributed by atoms with van der Waals surface area (Å²) in [6, 6.07) is 5.48. The summed E-state index contributed by atoms with van der Waals surface area (Å²) in [7, 11) is 1.33. The van der Waals surface area contributed by atoms with Crippen LogP contribution in [0, 0.1) is 13.8 Å². The summed E-state index contributed by atoms with van der Waals surface area (Å²) in [5, 5.41) is 1.26. The van der Waals surface area contributed by atoms with E-state index < -0.39 is 12.1 Å². The number of carbonyl (C=O) groups is 1. The fourth-order valence-electron chi connectivity index (χ4n) is 2.02. The Kier molecular flexibility index (Phi) is 4.14. The van der Waals surface area contributed by atoms with Gasteiger partial charge in [0.2, 0.25) is 0 Å². The largest absolute Gasteiger partial charge is 0.478 e. The van der Waals surface area contributed by atoms with Crippen molar-refractivity contribution in [3.05, 3.63) is 34.5 Å². The van der Waals surface area contributed by atoms with Crippen LogP contribution in [0.3, 0.4) is 0 Å². The van der Waals surface area contributed by atoms with E-state index in [9.17, 15) is 4.79 Å². The topological polar surface area (TPSA) is 48.4 Å². The molecule has 0 spiro atoms. The average molecular weight is 294 g/mol. The highest BCUT2D eigenvalue weighted by Crippen LogP contribution is 2.34. The lowest BCUT2D eigenvalue weighted by Gasteiger charge is -2.16. The monoisotopic (exact) mass is 293 g/mol. The van der Waals surface area contributed by atoms with Gasteiger partial charge in [-0.1, -0.05) is 17.7 Å². The molecule has 1 heterocycles. The number of nitrogens with zero attached hydrogens (tertiary/aromatic N) is 1. The van der Waals surface area contributed by atoms with Gasteiger partial charge in [-0.15, -0.1) is 0 Å². The van der Waals surface area contributed by atoms with Crippen molar-refractivity contribution in [2.75, 3.05) is 7.11 Å². The minimum Gasteiger partial charge on any atom is -0.478 e. The van der Waals surface area contributed by atoms with E-state index in [1.807, 2.05) is 19.9 Å². The molecule has 0 radical (unpaired) electrons. The van der Waals surface area contributed by atoms with Gasteiger partial charge >= 0.3 is 5.97 Å². The Morgan fingerprint density at radius 1 is 1.35 bits per heavy atom. The molecule has 0 N–H and O–H groups in total. The molecule has 106 valence electrons. The molecule has 0 bridgehead atoms. The van der Waals surface area contributed by atoms with Crippen LogP contribution in [0.5, 0.6) is 5.75 Å². The molecule has 0 aliphatic carbocycles. The first-order valence-corrected chi connectivity index (χ1v) is 6.62. The zero-order valence-electron chi connectivity index (χ0n) is 11.9. The Morgan fingerprint density at radius 2 is 2.05 bits per heavy atom. The van der Waals surface area contributed by atoms with Gasteiger partial charge in [-0.05, 0) is 32.4 Å². The number of aromatic nitrogens is 1. The molecule has 0 aliphatic rings. The van der Waals surface area contributed by atoms with Crippen molar-refractivity contribution in [3.8, 4) is 5.75 Å². The SMILES string of the molecule is COC(=O)C(C)Oc1cc(C)nc2c(C)ccc(Cl)c12. The molecule has 0 fully saturated rings. The van der Waals surface area contributed by atoms with Crippen LogP contribution >= 0.6 is 11.6 Å². The predicted octanol–water partition coefficient (Wildman–Crippen LogP) is 3.45. The Bertz CT molecular complexity index is 670. The number of fused-ring (bicyclic) bond motifs is 1. The lowest BCUT2D eigenvalue weighted by Crippen LogP contribution is -2.25. The normalized spacial score (nSPS) is 12.2. The molecule has 20 heavy (non-hydrogen) atoms. The number of methoxy groups -OCH3 is 1. The maximum atomic E-state index is 11.5. The van der Waals surface area contributed by atoms with Gasteiger partial charge in [0.25, 0.3) is 0 Å². The zero-order valence-corrected chi connectivity index (χ0v) is 12.6. The second-order valence-corrected chi connectivity index (χ2v) is 5.04. The van der Waals surface area contributed by atoms with Gasteiger partial charge < -0.3 is 9.47 Å². The summed E-state index contributed by atoms with van der Waals surface area (Å²) in [5.74, 6) is 0.107. The van der Waals surface area contributed by atoms with Crippen molar-refractivity contribution in [1.82, 2.24) is 4.98 Å². The van der Waals surface area contributed by atoms with Crippen LogP contribution in [0.4, 0.5) is 0 Å². The van der Waals surface area contributed by atoms with Crippen LogP contribution in [-0.2, 0) is 9.53 Å². The number of esters is 1. The predicted molar refractivity (Wildman–Crippen MR) is 78.3 cm³/mol. The summed E-state index contributed by atoms with van der Waals surface area (Å²) < 4.78 is 10.4. The van der Waals surface area contributed by atoms with Crippen molar-refractivity contribution >= 4 is 28.5 Å². The van der Waals surface area contributed by atoms with Gasteiger partial charge in [0.1, 0.15) is 5.75 Å². The van der Waals surface area contributed by atoms with Gasteiger partial charge in [-0.25, -0.2) is 4.79 Å². The van der Waals surface area contributed by atoms with Crippen LogP contribution in [-0.4, -0.2) is 24.2 Å². The lowest BCUT2D eigenvalue weighted by molar-refractivity contribution is -0.147. The lowest BCUT2D eigenvalue weighted by atomic mass is 10.1. The fraction of sp³-hybridized carbons (Fsp3) is 0.333. The van der Waals surface area contributed by atoms with Gasteiger partial charge in [0.15, 0.2) is 6.10 Å². The number of carbonyl (C=O) groups excluding carboxylic acids is 1. The maximum absolute atomic E-state index is 11.5. The number of halogens is 1. The summed E-state index contributed by atoms with van der Waals surface area (Å²) >= 11 is 6.25. The molecule has 2 rings (SSSR count). The highest BCUT2D eigenvalue weighted by Gasteiger charge is 2.18. The Morgan fingerprint density at radius 3 is 2.70 bits per heavy atom.